The van der Waals surface area contributed by atoms with E-state index < -0.39 is 5.97 Å². The molecular weight excluding hydrogens is 270 g/mol. The fourth-order valence-electron chi connectivity index (χ4n) is 1.70. The maximum Gasteiger partial charge on any atom is 0.338 e. The Morgan fingerprint density at radius 1 is 1.21 bits per heavy atom. The number of ether oxygens (including phenoxy) is 2. The standard InChI is InChI=1S/C13H14ClNO4/c14-11-3-1-10(2-4-11)13(17)19-9-12(16)15-5-7-18-8-6-15/h1-4H,5-9H2. The fraction of sp³-hybridized carbons (Fsp3) is 0.385. The molecule has 1 fully saturated rings. The van der Waals surface area contributed by atoms with Crippen LogP contribution in [0.3, 0.4) is 0 Å². The van der Waals surface area contributed by atoms with Gasteiger partial charge in [0.25, 0.3) is 5.91 Å². The third kappa shape index (κ3) is 3.94. The number of morpholine rings is 1. The van der Waals surface area contributed by atoms with E-state index in [2.05, 4.69) is 0 Å². The first-order valence-corrected chi connectivity index (χ1v) is 6.33. The molecule has 1 aliphatic rings. The van der Waals surface area contributed by atoms with Gasteiger partial charge < -0.3 is 14.4 Å². The predicted molar refractivity (Wildman–Crippen MR) is 69.1 cm³/mol. The van der Waals surface area contributed by atoms with Crippen LogP contribution in [-0.4, -0.2) is 49.7 Å². The zero-order chi connectivity index (χ0) is 13.7. The lowest BCUT2D eigenvalue weighted by Gasteiger charge is -2.26. The Morgan fingerprint density at radius 2 is 1.84 bits per heavy atom. The van der Waals surface area contributed by atoms with E-state index in [4.69, 9.17) is 21.1 Å². The van der Waals surface area contributed by atoms with Crippen molar-refractivity contribution in [2.45, 2.75) is 0 Å². The third-order valence-corrected chi connectivity index (χ3v) is 3.02. The van der Waals surface area contributed by atoms with E-state index in [9.17, 15) is 9.59 Å². The molecule has 5 nitrogen and oxygen atoms in total. The van der Waals surface area contributed by atoms with Gasteiger partial charge in [-0.3, -0.25) is 4.79 Å². The van der Waals surface area contributed by atoms with Crippen LogP contribution < -0.4 is 0 Å². The molecule has 0 radical (unpaired) electrons. The summed E-state index contributed by atoms with van der Waals surface area (Å²) in [7, 11) is 0. The first-order valence-electron chi connectivity index (χ1n) is 5.95. The number of halogens is 1. The van der Waals surface area contributed by atoms with Crippen LogP contribution in [0.1, 0.15) is 10.4 Å². The van der Waals surface area contributed by atoms with Crippen LogP contribution in [0.5, 0.6) is 0 Å². The Bertz CT molecular complexity index is 454. The Morgan fingerprint density at radius 3 is 2.47 bits per heavy atom. The molecule has 102 valence electrons. The summed E-state index contributed by atoms with van der Waals surface area (Å²) in [6.45, 7) is 1.88. The van der Waals surface area contributed by atoms with Gasteiger partial charge >= 0.3 is 5.97 Å². The molecule has 0 bridgehead atoms. The molecule has 1 aromatic carbocycles. The molecule has 1 saturated heterocycles. The zero-order valence-electron chi connectivity index (χ0n) is 10.3. The second kappa shape index (κ2) is 6.54. The number of nitrogens with zero attached hydrogens (tertiary/aromatic N) is 1. The number of carbonyl (C=O) groups excluding carboxylic acids is 2. The van der Waals surface area contributed by atoms with Crippen LogP contribution in [-0.2, 0) is 14.3 Å². The summed E-state index contributed by atoms with van der Waals surface area (Å²) in [5, 5.41) is 0.543. The van der Waals surface area contributed by atoms with Gasteiger partial charge in [-0.05, 0) is 24.3 Å². The number of carbonyl (C=O) groups is 2. The quantitative estimate of drug-likeness (QED) is 0.786. The first-order chi connectivity index (χ1) is 9.16. The highest BCUT2D eigenvalue weighted by Crippen LogP contribution is 2.10. The fourth-order valence-corrected chi connectivity index (χ4v) is 1.83. The van der Waals surface area contributed by atoms with Crippen LogP contribution >= 0.6 is 11.6 Å². The molecule has 1 aliphatic heterocycles. The van der Waals surface area contributed by atoms with E-state index in [-0.39, 0.29) is 12.5 Å². The van der Waals surface area contributed by atoms with E-state index in [1.807, 2.05) is 0 Å². The molecule has 1 amide bonds. The molecule has 19 heavy (non-hydrogen) atoms. The number of hydrogen-bond donors (Lipinski definition) is 0. The molecule has 0 aromatic heterocycles. The molecule has 0 aliphatic carbocycles. The highest BCUT2D eigenvalue weighted by molar-refractivity contribution is 6.30. The van der Waals surface area contributed by atoms with Crippen molar-refractivity contribution in [1.82, 2.24) is 4.90 Å². The van der Waals surface area contributed by atoms with Crippen molar-refractivity contribution in [2.75, 3.05) is 32.9 Å². The van der Waals surface area contributed by atoms with Gasteiger partial charge in [0, 0.05) is 18.1 Å². The van der Waals surface area contributed by atoms with Crippen LogP contribution in [0.4, 0.5) is 0 Å². The monoisotopic (exact) mass is 283 g/mol. The summed E-state index contributed by atoms with van der Waals surface area (Å²) in [6.07, 6.45) is 0. The minimum Gasteiger partial charge on any atom is -0.452 e. The van der Waals surface area contributed by atoms with Crippen molar-refractivity contribution in [1.29, 1.82) is 0 Å². The summed E-state index contributed by atoms with van der Waals surface area (Å²) >= 11 is 5.72. The summed E-state index contributed by atoms with van der Waals surface area (Å²) in [6, 6.07) is 6.32. The van der Waals surface area contributed by atoms with Gasteiger partial charge in [-0.2, -0.15) is 0 Å². The Balaban J connectivity index is 1.82. The van der Waals surface area contributed by atoms with Crippen molar-refractivity contribution < 1.29 is 19.1 Å². The van der Waals surface area contributed by atoms with Gasteiger partial charge in [0.1, 0.15) is 0 Å². The lowest BCUT2D eigenvalue weighted by Crippen LogP contribution is -2.42. The van der Waals surface area contributed by atoms with E-state index in [1.165, 1.54) is 0 Å². The largest absolute Gasteiger partial charge is 0.452 e. The topological polar surface area (TPSA) is 55.8 Å². The maximum absolute atomic E-state index is 11.8. The first kappa shape index (κ1) is 13.8. The minimum atomic E-state index is -0.529. The zero-order valence-corrected chi connectivity index (χ0v) is 11.1. The van der Waals surface area contributed by atoms with Crippen molar-refractivity contribution in [3.63, 3.8) is 0 Å². The maximum atomic E-state index is 11.8. The number of esters is 1. The van der Waals surface area contributed by atoms with Crippen LogP contribution in [0.25, 0.3) is 0 Å². The number of amides is 1. The SMILES string of the molecule is O=C(OCC(=O)N1CCOCC1)c1ccc(Cl)cc1. The third-order valence-electron chi connectivity index (χ3n) is 2.77. The minimum absolute atomic E-state index is 0.203. The molecule has 6 heteroatoms. The number of hydrogen-bond acceptors (Lipinski definition) is 4. The predicted octanol–water partition coefficient (Wildman–Crippen LogP) is 1.36. The molecule has 0 atom stereocenters. The summed E-state index contributed by atoms with van der Waals surface area (Å²) in [4.78, 5) is 25.1. The van der Waals surface area contributed by atoms with Crippen molar-refractivity contribution in [3.8, 4) is 0 Å². The second-order valence-electron chi connectivity index (χ2n) is 4.08. The molecule has 1 aromatic rings. The molecular formula is C13H14ClNO4. The summed E-state index contributed by atoms with van der Waals surface area (Å²) < 4.78 is 10.1. The van der Waals surface area contributed by atoms with Gasteiger partial charge in [-0.15, -0.1) is 0 Å². The van der Waals surface area contributed by atoms with E-state index in [0.29, 0.717) is 36.9 Å². The van der Waals surface area contributed by atoms with E-state index >= 15 is 0 Å². The Hall–Kier alpha value is -1.59. The average Bonchev–Trinajstić information content (AvgIpc) is 2.46. The molecule has 0 saturated carbocycles. The highest BCUT2D eigenvalue weighted by Gasteiger charge is 2.18. The van der Waals surface area contributed by atoms with Gasteiger partial charge in [0.2, 0.25) is 0 Å². The van der Waals surface area contributed by atoms with Crippen molar-refractivity contribution in [3.05, 3.63) is 34.9 Å². The molecule has 0 unspecified atom stereocenters. The normalized spacial score (nSPS) is 15.1. The smallest absolute Gasteiger partial charge is 0.338 e. The Labute approximate surface area is 116 Å². The van der Waals surface area contributed by atoms with Gasteiger partial charge in [0.05, 0.1) is 18.8 Å². The lowest BCUT2D eigenvalue weighted by molar-refractivity contribution is -0.138. The van der Waals surface area contributed by atoms with Gasteiger partial charge in [0.15, 0.2) is 6.61 Å². The number of rotatable bonds is 3. The van der Waals surface area contributed by atoms with Crippen LogP contribution in [0.2, 0.25) is 5.02 Å². The summed E-state index contributed by atoms with van der Waals surface area (Å²) in [5.74, 6) is -0.733. The van der Waals surface area contributed by atoms with Crippen molar-refractivity contribution in [2.24, 2.45) is 0 Å². The summed E-state index contributed by atoms with van der Waals surface area (Å²) in [5.41, 5.74) is 0.374. The molecule has 0 N–H and O–H groups in total. The van der Waals surface area contributed by atoms with Gasteiger partial charge in [-0.1, -0.05) is 11.6 Å². The molecule has 1 heterocycles. The second-order valence-corrected chi connectivity index (χ2v) is 4.51. The average molecular weight is 284 g/mol. The number of benzene rings is 1. The molecule has 0 spiro atoms. The highest BCUT2D eigenvalue weighted by atomic mass is 35.5. The van der Waals surface area contributed by atoms with Crippen LogP contribution in [0.15, 0.2) is 24.3 Å². The van der Waals surface area contributed by atoms with Crippen molar-refractivity contribution >= 4 is 23.5 Å². The van der Waals surface area contributed by atoms with Gasteiger partial charge in [-0.25, -0.2) is 4.79 Å². The molecule has 2 rings (SSSR count). The van der Waals surface area contributed by atoms with Crippen LogP contribution in [0, 0.1) is 0 Å². The Kier molecular flexibility index (Phi) is 4.76. The lowest BCUT2D eigenvalue weighted by atomic mass is 10.2. The van der Waals surface area contributed by atoms with E-state index in [1.54, 1.807) is 29.2 Å². The van der Waals surface area contributed by atoms with E-state index in [0.717, 1.165) is 0 Å².